The molecule has 1 rings (SSSR count). The zero-order valence-electron chi connectivity index (χ0n) is 10.6. The molecule has 18 heavy (non-hydrogen) atoms. The molecular weight excluding hydrogens is 257 g/mol. The molecule has 0 bridgehead atoms. The highest BCUT2D eigenvalue weighted by molar-refractivity contribution is 7.89. The van der Waals surface area contributed by atoms with Crippen molar-refractivity contribution in [1.82, 2.24) is 4.72 Å². The molecule has 6 heteroatoms. The topological polar surface area (TPSA) is 66.4 Å². The average Bonchev–Trinajstić information content (AvgIpc) is 2.28. The number of benzene rings is 1. The van der Waals surface area contributed by atoms with Crippen LogP contribution in [0, 0.1) is 18.7 Å². The van der Waals surface area contributed by atoms with Gasteiger partial charge in [0.15, 0.2) is 0 Å². The van der Waals surface area contributed by atoms with Crippen molar-refractivity contribution in [3.63, 3.8) is 0 Å². The first-order valence-corrected chi connectivity index (χ1v) is 7.15. The molecule has 0 unspecified atom stereocenters. The van der Waals surface area contributed by atoms with E-state index in [9.17, 15) is 12.8 Å². The smallest absolute Gasteiger partial charge is 0.243 e. The Morgan fingerprint density at radius 3 is 2.50 bits per heavy atom. The maximum atomic E-state index is 13.5. The molecule has 0 aliphatic heterocycles. The molecule has 0 spiro atoms. The highest BCUT2D eigenvalue weighted by atomic mass is 32.2. The van der Waals surface area contributed by atoms with Crippen molar-refractivity contribution in [3.05, 3.63) is 29.6 Å². The lowest BCUT2D eigenvalue weighted by Crippen LogP contribution is -2.41. The minimum atomic E-state index is -3.95. The number of aliphatic hydroxyl groups is 1. The maximum Gasteiger partial charge on any atom is 0.243 e. The van der Waals surface area contributed by atoms with E-state index in [0.29, 0.717) is 5.56 Å². The van der Waals surface area contributed by atoms with Crippen LogP contribution in [-0.4, -0.2) is 26.2 Å². The molecule has 0 aromatic heterocycles. The van der Waals surface area contributed by atoms with Gasteiger partial charge in [-0.1, -0.05) is 19.9 Å². The minimum absolute atomic E-state index is 0.0855. The number of aliphatic hydroxyl groups excluding tert-OH is 1. The number of aryl methyl sites for hydroxylation is 1. The van der Waals surface area contributed by atoms with Gasteiger partial charge in [-0.05, 0) is 30.5 Å². The Bertz CT molecular complexity index is 514. The molecule has 4 nitrogen and oxygen atoms in total. The summed E-state index contributed by atoms with van der Waals surface area (Å²) >= 11 is 0. The van der Waals surface area contributed by atoms with Crippen molar-refractivity contribution in [1.29, 1.82) is 0 Å². The normalized spacial score (nSPS) is 13.9. The molecule has 0 radical (unpaired) electrons. The molecule has 0 heterocycles. The first-order valence-electron chi connectivity index (χ1n) is 5.67. The Kier molecular flexibility index (Phi) is 4.84. The average molecular weight is 275 g/mol. The summed E-state index contributed by atoms with van der Waals surface area (Å²) in [6.45, 7) is 4.90. The van der Waals surface area contributed by atoms with Crippen LogP contribution in [0.4, 0.5) is 4.39 Å². The van der Waals surface area contributed by atoms with E-state index in [1.54, 1.807) is 20.8 Å². The summed E-state index contributed by atoms with van der Waals surface area (Å²) in [6.07, 6.45) is 0. The number of hydrogen-bond acceptors (Lipinski definition) is 3. The van der Waals surface area contributed by atoms with E-state index in [-0.39, 0.29) is 17.4 Å². The van der Waals surface area contributed by atoms with Crippen LogP contribution in [0.25, 0.3) is 0 Å². The molecule has 0 fully saturated rings. The molecule has 0 aliphatic rings. The zero-order valence-corrected chi connectivity index (χ0v) is 11.5. The Morgan fingerprint density at radius 2 is 2.00 bits per heavy atom. The summed E-state index contributed by atoms with van der Waals surface area (Å²) in [5.41, 5.74) is 0.655. The van der Waals surface area contributed by atoms with Crippen molar-refractivity contribution in [2.24, 2.45) is 5.92 Å². The van der Waals surface area contributed by atoms with Gasteiger partial charge >= 0.3 is 0 Å². The van der Waals surface area contributed by atoms with Crippen molar-refractivity contribution in [2.75, 3.05) is 6.61 Å². The number of nitrogens with one attached hydrogen (secondary N) is 1. The molecule has 0 saturated carbocycles. The van der Waals surface area contributed by atoms with Crippen molar-refractivity contribution in [2.45, 2.75) is 31.7 Å². The third-order valence-electron chi connectivity index (χ3n) is 2.68. The predicted octanol–water partition coefficient (Wildman–Crippen LogP) is 1.43. The third-order valence-corrected chi connectivity index (χ3v) is 4.19. The molecule has 2 N–H and O–H groups in total. The summed E-state index contributed by atoms with van der Waals surface area (Å²) in [7, 11) is -3.95. The first-order chi connectivity index (χ1) is 8.27. The number of hydrogen-bond donors (Lipinski definition) is 2. The van der Waals surface area contributed by atoms with Crippen LogP contribution in [0.2, 0.25) is 0 Å². The van der Waals surface area contributed by atoms with E-state index < -0.39 is 21.9 Å². The number of rotatable bonds is 5. The third kappa shape index (κ3) is 3.51. The largest absolute Gasteiger partial charge is 0.395 e. The van der Waals surface area contributed by atoms with Crippen molar-refractivity contribution >= 4 is 10.0 Å². The fourth-order valence-corrected chi connectivity index (χ4v) is 3.00. The molecule has 0 saturated heterocycles. The summed E-state index contributed by atoms with van der Waals surface area (Å²) in [6, 6.07) is 3.26. The monoisotopic (exact) mass is 275 g/mol. The van der Waals surface area contributed by atoms with Gasteiger partial charge < -0.3 is 5.11 Å². The lowest BCUT2D eigenvalue weighted by Gasteiger charge is -2.20. The summed E-state index contributed by atoms with van der Waals surface area (Å²) < 4.78 is 39.9. The maximum absolute atomic E-state index is 13.5. The van der Waals surface area contributed by atoms with E-state index in [2.05, 4.69) is 4.72 Å². The SMILES string of the molecule is Cc1ccc(F)c(S(=O)(=O)N[C@H](CO)C(C)C)c1. The van der Waals surface area contributed by atoms with Gasteiger partial charge in [0, 0.05) is 6.04 Å². The standard InChI is InChI=1S/C12H18FNO3S/c1-8(2)11(7-15)14-18(16,17)12-6-9(3)4-5-10(12)13/h4-6,8,11,14-15H,7H2,1-3H3/t11-/m1/s1. The van der Waals surface area contributed by atoms with E-state index >= 15 is 0 Å². The molecule has 0 amide bonds. The highest BCUT2D eigenvalue weighted by Crippen LogP contribution is 2.17. The molecule has 0 aliphatic carbocycles. The Hall–Kier alpha value is -0.980. The molecule has 1 aromatic carbocycles. The Morgan fingerprint density at radius 1 is 1.39 bits per heavy atom. The predicted molar refractivity (Wildman–Crippen MR) is 67.2 cm³/mol. The van der Waals surface area contributed by atoms with Crippen LogP contribution < -0.4 is 4.72 Å². The lowest BCUT2D eigenvalue weighted by molar-refractivity contribution is 0.227. The first kappa shape index (κ1) is 15.1. The van der Waals surface area contributed by atoms with Gasteiger partial charge in [0.2, 0.25) is 10.0 Å². The second kappa shape index (κ2) is 5.77. The quantitative estimate of drug-likeness (QED) is 0.854. The van der Waals surface area contributed by atoms with Crippen LogP contribution in [0.5, 0.6) is 0 Å². The summed E-state index contributed by atoms with van der Waals surface area (Å²) in [4.78, 5) is -0.387. The van der Waals surface area contributed by atoms with Crippen LogP contribution in [-0.2, 0) is 10.0 Å². The molecular formula is C12H18FNO3S. The van der Waals surface area contributed by atoms with Gasteiger partial charge in [0.1, 0.15) is 10.7 Å². The second-order valence-electron chi connectivity index (χ2n) is 4.59. The van der Waals surface area contributed by atoms with Crippen molar-refractivity contribution in [3.8, 4) is 0 Å². The number of halogens is 1. The van der Waals surface area contributed by atoms with Crippen molar-refractivity contribution < 1.29 is 17.9 Å². The van der Waals surface area contributed by atoms with Gasteiger partial charge in [-0.3, -0.25) is 0 Å². The van der Waals surface area contributed by atoms with Gasteiger partial charge in [-0.25, -0.2) is 17.5 Å². The van der Waals surface area contributed by atoms with Crippen LogP contribution in [0.1, 0.15) is 19.4 Å². The van der Waals surface area contributed by atoms with Crippen LogP contribution >= 0.6 is 0 Å². The Balaban J connectivity index is 3.10. The van der Waals surface area contributed by atoms with Crippen LogP contribution in [0.3, 0.4) is 0 Å². The molecule has 1 aromatic rings. The number of sulfonamides is 1. The van der Waals surface area contributed by atoms with E-state index in [1.807, 2.05) is 0 Å². The van der Waals surface area contributed by atoms with E-state index in [4.69, 9.17) is 5.11 Å². The summed E-state index contributed by atoms with van der Waals surface area (Å²) in [5.74, 6) is -0.883. The highest BCUT2D eigenvalue weighted by Gasteiger charge is 2.24. The Labute approximate surface area is 107 Å². The zero-order chi connectivity index (χ0) is 13.9. The second-order valence-corrected chi connectivity index (χ2v) is 6.27. The fourth-order valence-electron chi connectivity index (χ4n) is 1.46. The van der Waals surface area contributed by atoms with Gasteiger partial charge in [-0.2, -0.15) is 0 Å². The van der Waals surface area contributed by atoms with Crippen LogP contribution in [0.15, 0.2) is 23.1 Å². The minimum Gasteiger partial charge on any atom is -0.395 e. The summed E-state index contributed by atoms with van der Waals surface area (Å²) in [5, 5.41) is 9.11. The van der Waals surface area contributed by atoms with Gasteiger partial charge in [0.25, 0.3) is 0 Å². The molecule has 1 atom stereocenters. The van der Waals surface area contributed by atoms with Gasteiger partial charge in [0.05, 0.1) is 6.61 Å². The lowest BCUT2D eigenvalue weighted by atomic mass is 10.1. The fraction of sp³-hybridized carbons (Fsp3) is 0.500. The van der Waals surface area contributed by atoms with E-state index in [1.165, 1.54) is 12.1 Å². The van der Waals surface area contributed by atoms with Gasteiger partial charge in [-0.15, -0.1) is 0 Å². The van der Waals surface area contributed by atoms with E-state index in [0.717, 1.165) is 6.07 Å². The molecule has 102 valence electrons.